The lowest BCUT2D eigenvalue weighted by Crippen LogP contribution is -2.19. The summed E-state index contributed by atoms with van der Waals surface area (Å²) in [5, 5.41) is 18.6. The summed E-state index contributed by atoms with van der Waals surface area (Å²) in [6.45, 7) is 1.66. The van der Waals surface area contributed by atoms with Gasteiger partial charge in [0.1, 0.15) is 0 Å². The van der Waals surface area contributed by atoms with Crippen LogP contribution in [-0.2, 0) is 5.41 Å². The highest BCUT2D eigenvalue weighted by Gasteiger charge is 2.30. The Morgan fingerprint density at radius 2 is 1.80 bits per heavy atom. The van der Waals surface area contributed by atoms with E-state index in [0.717, 1.165) is 0 Å². The minimum absolute atomic E-state index is 0.0625. The summed E-state index contributed by atoms with van der Waals surface area (Å²) in [6.07, 6.45) is 0.0625. The first kappa shape index (κ1) is 11.9. The minimum Gasteiger partial charge on any atom is -0.198 e. The molecule has 0 aliphatic heterocycles. The molecule has 0 amide bonds. The van der Waals surface area contributed by atoms with E-state index in [9.17, 15) is 0 Å². The van der Waals surface area contributed by atoms with Crippen LogP contribution in [0.3, 0.4) is 0 Å². The molecule has 0 aromatic heterocycles. The van der Waals surface area contributed by atoms with Crippen LogP contribution in [0, 0.1) is 22.7 Å². The maximum atomic E-state index is 9.10. The average Bonchev–Trinajstić information content (AvgIpc) is 2.18. The summed E-state index contributed by atoms with van der Waals surface area (Å²) >= 11 is 12.0. The topological polar surface area (TPSA) is 47.6 Å². The fraction of sp³-hybridized carbons (Fsp3) is 0.273. The summed E-state index contributed by atoms with van der Waals surface area (Å²) in [5.41, 5.74) is -0.429. The lowest BCUT2D eigenvalue weighted by Gasteiger charge is -2.21. The Bertz CT molecular complexity index is 436. The molecule has 0 fully saturated rings. The van der Waals surface area contributed by atoms with E-state index < -0.39 is 5.41 Å². The molecule has 0 heterocycles. The molecule has 0 saturated carbocycles. The van der Waals surface area contributed by atoms with Crippen LogP contribution in [0.1, 0.15) is 18.9 Å². The van der Waals surface area contributed by atoms with E-state index in [2.05, 4.69) is 6.07 Å². The maximum Gasteiger partial charge on any atom is 0.0952 e. The van der Waals surface area contributed by atoms with Crippen molar-refractivity contribution in [2.45, 2.75) is 18.8 Å². The first-order chi connectivity index (χ1) is 7.05. The van der Waals surface area contributed by atoms with Crippen molar-refractivity contribution >= 4 is 23.2 Å². The second kappa shape index (κ2) is 4.53. The fourth-order valence-corrected chi connectivity index (χ4v) is 2.18. The molecule has 0 bridgehead atoms. The van der Waals surface area contributed by atoms with Crippen molar-refractivity contribution in [2.75, 3.05) is 0 Å². The van der Waals surface area contributed by atoms with Crippen molar-refractivity contribution < 1.29 is 0 Å². The number of benzene rings is 1. The fourth-order valence-electron chi connectivity index (χ4n) is 1.37. The van der Waals surface area contributed by atoms with Gasteiger partial charge in [0, 0.05) is 15.6 Å². The van der Waals surface area contributed by atoms with Crippen LogP contribution < -0.4 is 0 Å². The molecular formula is C11H8Cl2N2. The molecule has 1 aromatic carbocycles. The molecule has 0 aliphatic rings. The zero-order chi connectivity index (χ0) is 11.5. The lowest BCUT2D eigenvalue weighted by atomic mass is 9.81. The predicted octanol–water partition coefficient (Wildman–Crippen LogP) is 3.69. The van der Waals surface area contributed by atoms with Crippen LogP contribution >= 0.6 is 23.2 Å². The summed E-state index contributed by atoms with van der Waals surface area (Å²) in [5.74, 6) is 0. The molecule has 1 unspecified atom stereocenters. The van der Waals surface area contributed by atoms with Gasteiger partial charge >= 0.3 is 0 Å². The molecule has 0 radical (unpaired) electrons. The molecule has 0 spiro atoms. The van der Waals surface area contributed by atoms with Gasteiger partial charge in [-0.3, -0.25) is 0 Å². The molecule has 4 heteroatoms. The van der Waals surface area contributed by atoms with Gasteiger partial charge in [-0.1, -0.05) is 29.3 Å². The maximum absolute atomic E-state index is 9.10. The molecule has 1 atom stereocenters. The van der Waals surface area contributed by atoms with E-state index in [1.165, 1.54) is 0 Å². The van der Waals surface area contributed by atoms with Gasteiger partial charge in [-0.25, -0.2) is 0 Å². The molecule has 1 rings (SSSR count). The summed E-state index contributed by atoms with van der Waals surface area (Å²) in [7, 11) is 0. The average molecular weight is 239 g/mol. The Labute approximate surface area is 98.6 Å². The summed E-state index contributed by atoms with van der Waals surface area (Å²) in [4.78, 5) is 0. The minimum atomic E-state index is -0.954. The molecule has 0 saturated heterocycles. The third-order valence-electron chi connectivity index (χ3n) is 2.19. The Kier molecular flexibility index (Phi) is 3.58. The Balaban J connectivity index is 3.38. The van der Waals surface area contributed by atoms with E-state index in [4.69, 9.17) is 33.7 Å². The zero-order valence-electron chi connectivity index (χ0n) is 8.09. The first-order valence-corrected chi connectivity index (χ1v) is 5.03. The Morgan fingerprint density at radius 3 is 2.20 bits per heavy atom. The van der Waals surface area contributed by atoms with Gasteiger partial charge in [0.05, 0.1) is 24.0 Å². The standard InChI is InChI=1S/C11H8Cl2N2/c1-11(7-15,5-6-14)10-8(12)3-2-4-9(10)13/h2-4H,5H2,1H3. The van der Waals surface area contributed by atoms with Gasteiger partial charge in [0.15, 0.2) is 0 Å². The van der Waals surface area contributed by atoms with Gasteiger partial charge in [0.25, 0.3) is 0 Å². The highest BCUT2D eigenvalue weighted by Crippen LogP contribution is 2.37. The largest absolute Gasteiger partial charge is 0.198 e. The second-order valence-corrected chi connectivity index (χ2v) is 4.19. The molecular weight excluding hydrogens is 231 g/mol. The highest BCUT2D eigenvalue weighted by molar-refractivity contribution is 6.36. The van der Waals surface area contributed by atoms with Crippen molar-refractivity contribution in [2.24, 2.45) is 0 Å². The van der Waals surface area contributed by atoms with Crippen LogP contribution in [0.2, 0.25) is 10.0 Å². The summed E-state index contributed by atoms with van der Waals surface area (Å²) in [6, 6.07) is 9.09. The smallest absolute Gasteiger partial charge is 0.0952 e. The van der Waals surface area contributed by atoms with Crippen molar-refractivity contribution in [3.05, 3.63) is 33.8 Å². The molecule has 15 heavy (non-hydrogen) atoms. The summed E-state index contributed by atoms with van der Waals surface area (Å²) < 4.78 is 0. The normalized spacial score (nSPS) is 13.7. The number of nitrogens with zero attached hydrogens (tertiary/aromatic N) is 2. The van der Waals surface area contributed by atoms with E-state index in [0.29, 0.717) is 15.6 Å². The third kappa shape index (κ3) is 2.23. The van der Waals surface area contributed by atoms with Crippen LogP contribution in [0.25, 0.3) is 0 Å². The number of halogens is 2. The number of hydrogen-bond acceptors (Lipinski definition) is 2. The molecule has 0 N–H and O–H groups in total. The van der Waals surface area contributed by atoms with E-state index in [1.807, 2.05) is 6.07 Å². The van der Waals surface area contributed by atoms with Crippen molar-refractivity contribution in [3.8, 4) is 12.1 Å². The third-order valence-corrected chi connectivity index (χ3v) is 2.82. The number of hydrogen-bond donors (Lipinski definition) is 0. The van der Waals surface area contributed by atoms with E-state index in [1.54, 1.807) is 25.1 Å². The van der Waals surface area contributed by atoms with Gasteiger partial charge in [-0.2, -0.15) is 10.5 Å². The number of nitriles is 2. The van der Waals surface area contributed by atoms with Gasteiger partial charge in [-0.15, -0.1) is 0 Å². The van der Waals surface area contributed by atoms with Crippen LogP contribution in [0.5, 0.6) is 0 Å². The van der Waals surface area contributed by atoms with Gasteiger partial charge in [0.2, 0.25) is 0 Å². The van der Waals surface area contributed by atoms with Crippen molar-refractivity contribution in [1.82, 2.24) is 0 Å². The van der Waals surface area contributed by atoms with Crippen LogP contribution in [0.15, 0.2) is 18.2 Å². The lowest BCUT2D eigenvalue weighted by molar-refractivity contribution is 0.628. The Hall–Kier alpha value is -1.22. The monoisotopic (exact) mass is 238 g/mol. The Morgan fingerprint density at radius 1 is 1.27 bits per heavy atom. The SMILES string of the molecule is CC(C#N)(CC#N)c1c(Cl)cccc1Cl. The predicted molar refractivity (Wildman–Crippen MR) is 59.7 cm³/mol. The van der Waals surface area contributed by atoms with Crippen molar-refractivity contribution in [1.29, 1.82) is 10.5 Å². The highest BCUT2D eigenvalue weighted by atomic mass is 35.5. The van der Waals surface area contributed by atoms with E-state index >= 15 is 0 Å². The van der Waals surface area contributed by atoms with Gasteiger partial charge in [-0.05, 0) is 19.1 Å². The molecule has 1 aromatic rings. The van der Waals surface area contributed by atoms with Crippen LogP contribution in [-0.4, -0.2) is 0 Å². The molecule has 2 nitrogen and oxygen atoms in total. The number of rotatable bonds is 2. The van der Waals surface area contributed by atoms with Crippen LogP contribution in [0.4, 0.5) is 0 Å². The zero-order valence-corrected chi connectivity index (χ0v) is 9.60. The van der Waals surface area contributed by atoms with E-state index in [-0.39, 0.29) is 6.42 Å². The molecule has 0 aliphatic carbocycles. The molecule has 76 valence electrons. The van der Waals surface area contributed by atoms with Gasteiger partial charge < -0.3 is 0 Å². The first-order valence-electron chi connectivity index (χ1n) is 4.28. The second-order valence-electron chi connectivity index (χ2n) is 3.38. The van der Waals surface area contributed by atoms with Crippen molar-refractivity contribution in [3.63, 3.8) is 0 Å². The quantitative estimate of drug-likeness (QED) is 0.790.